The summed E-state index contributed by atoms with van der Waals surface area (Å²) in [5.74, 6) is -1.33. The maximum Gasteiger partial charge on any atom is 0.284 e. The molecule has 3 aromatic rings. The molecule has 0 unspecified atom stereocenters. The Morgan fingerprint density at radius 2 is 2.00 bits per heavy atom. The van der Waals surface area contributed by atoms with Crippen LogP contribution in [0.15, 0.2) is 53.6 Å². The predicted octanol–water partition coefficient (Wildman–Crippen LogP) is 2.20. The number of hydrogen-bond donors (Lipinski definition) is 2. The first-order valence-electron chi connectivity index (χ1n) is 8.32. The molecule has 7 nitrogen and oxygen atoms in total. The zero-order valence-electron chi connectivity index (χ0n) is 14.8. The van der Waals surface area contributed by atoms with Crippen LogP contribution in [-0.4, -0.2) is 38.4 Å². The smallest absolute Gasteiger partial charge is 0.284 e. The van der Waals surface area contributed by atoms with Gasteiger partial charge in [-0.3, -0.25) is 14.6 Å². The third kappa shape index (κ3) is 4.24. The van der Waals surface area contributed by atoms with Crippen LogP contribution >= 0.6 is 11.6 Å². The zero-order chi connectivity index (χ0) is 20.3. The number of aliphatic hydroxyl groups excluding tert-OH is 1. The molecule has 0 saturated heterocycles. The maximum absolute atomic E-state index is 13.6. The van der Waals surface area contributed by atoms with Gasteiger partial charge in [-0.2, -0.15) is 9.78 Å². The van der Waals surface area contributed by atoms with Crippen LogP contribution in [0.2, 0.25) is 5.02 Å². The summed E-state index contributed by atoms with van der Waals surface area (Å²) < 4.78 is 14.5. The number of halogens is 2. The molecule has 0 bridgehead atoms. The Kier molecular flexibility index (Phi) is 5.81. The van der Waals surface area contributed by atoms with E-state index in [0.29, 0.717) is 16.3 Å². The lowest BCUT2D eigenvalue weighted by molar-refractivity contribution is 0.0920. The molecular formula is C19H16ClFN4O3. The Labute approximate surface area is 164 Å². The van der Waals surface area contributed by atoms with E-state index >= 15 is 0 Å². The van der Waals surface area contributed by atoms with Crippen molar-refractivity contribution in [1.29, 1.82) is 0 Å². The molecule has 0 aliphatic heterocycles. The fourth-order valence-electron chi connectivity index (χ4n) is 2.46. The van der Waals surface area contributed by atoms with E-state index in [-0.39, 0.29) is 17.9 Å². The van der Waals surface area contributed by atoms with Crippen molar-refractivity contribution in [2.75, 3.05) is 6.61 Å². The number of aromatic nitrogens is 3. The van der Waals surface area contributed by atoms with Crippen molar-refractivity contribution in [3.8, 4) is 16.9 Å². The molecule has 0 spiro atoms. The van der Waals surface area contributed by atoms with Gasteiger partial charge in [-0.05, 0) is 25.1 Å². The van der Waals surface area contributed by atoms with Gasteiger partial charge in [-0.15, -0.1) is 0 Å². The van der Waals surface area contributed by atoms with Crippen molar-refractivity contribution in [3.63, 3.8) is 0 Å². The van der Waals surface area contributed by atoms with E-state index < -0.39 is 23.3 Å². The molecule has 0 saturated carbocycles. The highest BCUT2D eigenvalue weighted by Gasteiger charge is 2.19. The minimum atomic E-state index is -0.743. The van der Waals surface area contributed by atoms with Crippen molar-refractivity contribution < 1.29 is 14.3 Å². The molecule has 9 heteroatoms. The Balaban J connectivity index is 2.19. The molecule has 2 aromatic heterocycles. The lowest BCUT2D eigenvalue weighted by atomic mass is 10.1. The van der Waals surface area contributed by atoms with Crippen molar-refractivity contribution >= 4 is 17.5 Å². The van der Waals surface area contributed by atoms with Gasteiger partial charge >= 0.3 is 0 Å². The molecule has 144 valence electrons. The Hall–Kier alpha value is -3.10. The second kappa shape index (κ2) is 8.28. The first kappa shape index (κ1) is 19.7. The van der Waals surface area contributed by atoms with Gasteiger partial charge in [0, 0.05) is 22.7 Å². The highest BCUT2D eigenvalue weighted by molar-refractivity contribution is 6.30. The maximum atomic E-state index is 13.6. The van der Waals surface area contributed by atoms with E-state index in [9.17, 15) is 14.0 Å². The van der Waals surface area contributed by atoms with Gasteiger partial charge in [0.25, 0.3) is 11.5 Å². The number of pyridine rings is 1. The van der Waals surface area contributed by atoms with Crippen LogP contribution in [0, 0.1) is 5.82 Å². The standard InChI is InChI=1S/C19H16ClFN4O3/c1-11(10-26)23-18(27)16-7-17(12-2-4-13(20)5-3-12)24-25(19(16)28)15-6-14(21)8-22-9-15/h2-9,11,26H,10H2,1H3,(H,23,27)/t11-/m0/s1. The third-order valence-corrected chi connectivity index (χ3v) is 4.13. The van der Waals surface area contributed by atoms with Crippen LogP contribution in [-0.2, 0) is 0 Å². The Bertz CT molecular complexity index is 1070. The topological polar surface area (TPSA) is 97.1 Å². The number of carbonyl (C=O) groups excluding carboxylic acids is 1. The summed E-state index contributed by atoms with van der Waals surface area (Å²) >= 11 is 5.91. The summed E-state index contributed by atoms with van der Waals surface area (Å²) in [5, 5.41) is 16.4. The van der Waals surface area contributed by atoms with Crippen molar-refractivity contribution in [2.24, 2.45) is 0 Å². The normalized spacial score (nSPS) is 11.9. The fourth-order valence-corrected chi connectivity index (χ4v) is 2.58. The summed E-state index contributed by atoms with van der Waals surface area (Å²) in [6.07, 6.45) is 2.26. The summed E-state index contributed by atoms with van der Waals surface area (Å²) in [6.45, 7) is 1.30. The van der Waals surface area contributed by atoms with Crippen molar-refractivity contribution in [2.45, 2.75) is 13.0 Å². The quantitative estimate of drug-likeness (QED) is 0.682. The van der Waals surface area contributed by atoms with Gasteiger partial charge in [-0.25, -0.2) is 4.39 Å². The fraction of sp³-hybridized carbons (Fsp3) is 0.158. The summed E-state index contributed by atoms with van der Waals surface area (Å²) in [4.78, 5) is 29.1. The third-order valence-electron chi connectivity index (χ3n) is 3.88. The van der Waals surface area contributed by atoms with Crippen molar-refractivity contribution in [3.05, 3.63) is 75.5 Å². The number of benzene rings is 1. The van der Waals surface area contributed by atoms with Gasteiger partial charge in [0.2, 0.25) is 0 Å². The number of hydrogen-bond acceptors (Lipinski definition) is 5. The lowest BCUT2D eigenvalue weighted by Gasteiger charge is -2.13. The number of amides is 1. The molecule has 2 heterocycles. The van der Waals surface area contributed by atoms with E-state index in [2.05, 4.69) is 15.4 Å². The van der Waals surface area contributed by atoms with Crippen LogP contribution < -0.4 is 10.9 Å². The number of nitrogens with zero attached hydrogens (tertiary/aromatic N) is 3. The highest BCUT2D eigenvalue weighted by atomic mass is 35.5. The van der Waals surface area contributed by atoms with Gasteiger partial charge in [-0.1, -0.05) is 23.7 Å². The number of nitrogens with one attached hydrogen (secondary N) is 1. The second-order valence-electron chi connectivity index (χ2n) is 6.09. The van der Waals surface area contributed by atoms with E-state index in [1.807, 2.05) is 0 Å². The van der Waals surface area contributed by atoms with Crippen molar-refractivity contribution in [1.82, 2.24) is 20.1 Å². The summed E-state index contributed by atoms with van der Waals surface area (Å²) in [6, 6.07) is 8.53. The van der Waals surface area contributed by atoms with Gasteiger partial charge in [0.1, 0.15) is 11.4 Å². The monoisotopic (exact) mass is 402 g/mol. The van der Waals surface area contributed by atoms with E-state index in [4.69, 9.17) is 16.7 Å². The molecular weight excluding hydrogens is 387 g/mol. The van der Waals surface area contributed by atoms with E-state index in [0.717, 1.165) is 16.9 Å². The molecule has 0 aliphatic carbocycles. The molecule has 28 heavy (non-hydrogen) atoms. The van der Waals surface area contributed by atoms with Crippen LogP contribution in [0.1, 0.15) is 17.3 Å². The number of carbonyl (C=O) groups is 1. The van der Waals surface area contributed by atoms with Crippen LogP contribution in [0.4, 0.5) is 4.39 Å². The molecule has 1 atom stereocenters. The molecule has 3 rings (SSSR count). The molecule has 0 radical (unpaired) electrons. The van der Waals surface area contributed by atoms with Gasteiger partial charge in [0.05, 0.1) is 30.4 Å². The van der Waals surface area contributed by atoms with Gasteiger partial charge in [0.15, 0.2) is 0 Å². The lowest BCUT2D eigenvalue weighted by Crippen LogP contribution is -2.39. The first-order valence-corrected chi connectivity index (χ1v) is 8.70. The SMILES string of the molecule is C[C@@H](CO)NC(=O)c1cc(-c2ccc(Cl)cc2)nn(-c2cncc(F)c2)c1=O. The minimum Gasteiger partial charge on any atom is -0.394 e. The summed E-state index contributed by atoms with van der Waals surface area (Å²) in [5.41, 5.74) is 0.0384. The minimum absolute atomic E-state index is 0.0741. The largest absolute Gasteiger partial charge is 0.394 e. The van der Waals surface area contributed by atoms with E-state index in [1.54, 1.807) is 31.2 Å². The Morgan fingerprint density at radius 1 is 1.29 bits per heavy atom. The van der Waals surface area contributed by atoms with Crippen LogP contribution in [0.3, 0.4) is 0 Å². The predicted molar refractivity (Wildman–Crippen MR) is 102 cm³/mol. The number of aliphatic hydroxyl groups is 1. The molecule has 1 aromatic carbocycles. The second-order valence-corrected chi connectivity index (χ2v) is 6.52. The van der Waals surface area contributed by atoms with Gasteiger partial charge < -0.3 is 10.4 Å². The highest BCUT2D eigenvalue weighted by Crippen LogP contribution is 2.20. The van der Waals surface area contributed by atoms with Crippen LogP contribution in [0.25, 0.3) is 16.9 Å². The average molecular weight is 403 g/mol. The average Bonchev–Trinajstić information content (AvgIpc) is 2.68. The molecule has 2 N–H and O–H groups in total. The molecule has 0 fully saturated rings. The summed E-state index contributed by atoms with van der Waals surface area (Å²) in [7, 11) is 0. The first-order chi connectivity index (χ1) is 13.4. The van der Waals surface area contributed by atoms with E-state index in [1.165, 1.54) is 12.3 Å². The Morgan fingerprint density at radius 3 is 2.64 bits per heavy atom. The number of rotatable bonds is 5. The van der Waals surface area contributed by atoms with Crippen LogP contribution in [0.5, 0.6) is 0 Å². The molecule has 1 amide bonds. The zero-order valence-corrected chi connectivity index (χ0v) is 15.5. The molecule has 0 aliphatic rings.